The molecule has 0 aliphatic heterocycles. The summed E-state index contributed by atoms with van der Waals surface area (Å²) in [6.07, 6.45) is 1.13. The molecule has 0 atom stereocenters. The van der Waals surface area contributed by atoms with Gasteiger partial charge in [0.2, 0.25) is 0 Å². The van der Waals surface area contributed by atoms with E-state index in [0.29, 0.717) is 48.8 Å². The molecule has 13 heteroatoms. The van der Waals surface area contributed by atoms with Crippen LogP contribution in [0.15, 0.2) is 63.4 Å². The molecule has 0 N–H and O–H groups in total. The lowest BCUT2D eigenvalue weighted by atomic mass is 10.3. The number of imidazole rings is 1. The van der Waals surface area contributed by atoms with Crippen LogP contribution in [0.2, 0.25) is 0 Å². The van der Waals surface area contributed by atoms with Crippen molar-refractivity contribution in [2.45, 2.75) is 9.79 Å². The summed E-state index contributed by atoms with van der Waals surface area (Å²) in [5.41, 5.74) is -1.60. The summed E-state index contributed by atoms with van der Waals surface area (Å²) >= 11 is 0. The van der Waals surface area contributed by atoms with Gasteiger partial charge in [-0.2, -0.15) is 7.94 Å². The van der Waals surface area contributed by atoms with Crippen molar-refractivity contribution in [3.63, 3.8) is 0 Å². The largest absolute Gasteiger partial charge is 0.356 e. The topological polar surface area (TPSA) is 95.2 Å². The van der Waals surface area contributed by atoms with Gasteiger partial charge >= 0.3 is 5.69 Å². The molecule has 0 saturated carbocycles. The standard InChI is InChI=1S/C15H8F4N2O5S2/c16-11-3-1-9(7-13(11)18)27(23,24)20-5-6-21(15(20)22)28(25,26)10-2-4-12(17)14(19)8-10/h1-8H. The van der Waals surface area contributed by atoms with E-state index in [9.17, 15) is 39.2 Å². The Morgan fingerprint density at radius 1 is 0.607 bits per heavy atom. The predicted octanol–water partition coefficient (Wildman–Crippen LogP) is 1.68. The van der Waals surface area contributed by atoms with E-state index >= 15 is 0 Å². The smallest absolute Gasteiger partial charge is 0.245 e. The summed E-state index contributed by atoms with van der Waals surface area (Å²) in [5, 5.41) is 0. The monoisotopic (exact) mass is 436 g/mol. The van der Waals surface area contributed by atoms with Gasteiger partial charge in [0.15, 0.2) is 23.3 Å². The van der Waals surface area contributed by atoms with Gasteiger partial charge in [-0.05, 0) is 36.4 Å². The van der Waals surface area contributed by atoms with Crippen LogP contribution in [0.5, 0.6) is 0 Å². The molecule has 28 heavy (non-hydrogen) atoms. The molecule has 7 nitrogen and oxygen atoms in total. The first-order valence-electron chi connectivity index (χ1n) is 7.17. The average Bonchev–Trinajstić information content (AvgIpc) is 3.02. The lowest BCUT2D eigenvalue weighted by Crippen LogP contribution is -2.32. The van der Waals surface area contributed by atoms with Crippen LogP contribution < -0.4 is 5.69 Å². The number of nitrogens with zero attached hydrogens (tertiary/aromatic N) is 2. The van der Waals surface area contributed by atoms with E-state index in [1.165, 1.54) is 0 Å². The first kappa shape index (κ1) is 19.8. The minimum atomic E-state index is -4.77. The Morgan fingerprint density at radius 2 is 0.964 bits per heavy atom. The maximum absolute atomic E-state index is 13.3. The van der Waals surface area contributed by atoms with E-state index in [0.717, 1.165) is 0 Å². The van der Waals surface area contributed by atoms with Crippen LogP contribution in [-0.2, 0) is 20.0 Å². The number of aromatic nitrogens is 2. The third-order valence-electron chi connectivity index (χ3n) is 3.61. The lowest BCUT2D eigenvalue weighted by molar-refractivity contribution is 0.504. The lowest BCUT2D eigenvalue weighted by Gasteiger charge is -2.06. The molecule has 0 aliphatic carbocycles. The van der Waals surface area contributed by atoms with Gasteiger partial charge in [0.05, 0.1) is 9.79 Å². The molecule has 0 spiro atoms. The van der Waals surface area contributed by atoms with Crippen LogP contribution in [0, 0.1) is 23.3 Å². The number of benzene rings is 2. The fourth-order valence-electron chi connectivity index (χ4n) is 2.21. The van der Waals surface area contributed by atoms with Crippen LogP contribution in [0.3, 0.4) is 0 Å². The molecule has 1 aromatic heterocycles. The zero-order chi connectivity index (χ0) is 20.9. The highest BCUT2D eigenvalue weighted by molar-refractivity contribution is 7.90. The maximum Gasteiger partial charge on any atom is 0.356 e. The van der Waals surface area contributed by atoms with Gasteiger partial charge < -0.3 is 0 Å². The Bertz CT molecular complexity index is 1260. The third-order valence-corrected chi connectivity index (χ3v) is 6.90. The normalized spacial score (nSPS) is 12.3. The minimum absolute atomic E-state index is 0.0168. The van der Waals surface area contributed by atoms with Gasteiger partial charge in [0.1, 0.15) is 0 Å². The Balaban J connectivity index is 2.15. The van der Waals surface area contributed by atoms with Crippen LogP contribution in [-0.4, -0.2) is 24.8 Å². The number of halogens is 4. The van der Waals surface area contributed by atoms with Crippen LogP contribution >= 0.6 is 0 Å². The molecule has 0 fully saturated rings. The van der Waals surface area contributed by atoms with E-state index in [1.807, 2.05) is 0 Å². The molecule has 148 valence electrons. The van der Waals surface area contributed by atoms with Crippen molar-refractivity contribution < 1.29 is 34.4 Å². The molecule has 0 bridgehead atoms. The van der Waals surface area contributed by atoms with Crippen LogP contribution in [0.4, 0.5) is 17.6 Å². The summed E-state index contributed by atoms with van der Waals surface area (Å²) in [7, 11) is -9.53. The van der Waals surface area contributed by atoms with E-state index in [2.05, 4.69) is 0 Å². The van der Waals surface area contributed by atoms with Crippen molar-refractivity contribution in [1.82, 2.24) is 7.94 Å². The summed E-state index contributed by atoms with van der Waals surface area (Å²) in [4.78, 5) is 10.7. The average molecular weight is 436 g/mol. The van der Waals surface area contributed by atoms with E-state index in [-0.39, 0.29) is 7.94 Å². The van der Waals surface area contributed by atoms with Gasteiger partial charge in [-0.15, -0.1) is 0 Å². The fraction of sp³-hybridized carbons (Fsp3) is 0. The molecule has 3 rings (SSSR count). The molecule has 0 saturated heterocycles. The molecule has 3 aromatic rings. The summed E-state index contributed by atoms with van der Waals surface area (Å²) in [6.45, 7) is 0. The van der Waals surface area contributed by atoms with Crippen molar-refractivity contribution in [2.75, 3.05) is 0 Å². The summed E-state index contributed by atoms with van der Waals surface area (Å²) in [5.74, 6) is -5.65. The van der Waals surface area contributed by atoms with Crippen molar-refractivity contribution in [3.8, 4) is 0 Å². The van der Waals surface area contributed by atoms with Gasteiger partial charge in [-0.1, -0.05) is 0 Å². The van der Waals surface area contributed by atoms with Gasteiger partial charge in [0.25, 0.3) is 20.0 Å². The molecular weight excluding hydrogens is 428 g/mol. The van der Waals surface area contributed by atoms with Crippen molar-refractivity contribution in [2.24, 2.45) is 0 Å². The molecule has 0 unspecified atom stereocenters. The molecule has 0 aliphatic rings. The van der Waals surface area contributed by atoms with Crippen molar-refractivity contribution in [3.05, 3.63) is 82.5 Å². The quantitative estimate of drug-likeness (QED) is 0.580. The zero-order valence-electron chi connectivity index (χ0n) is 13.4. The third kappa shape index (κ3) is 3.11. The first-order chi connectivity index (χ1) is 13.0. The van der Waals surface area contributed by atoms with E-state index < -0.39 is 58.8 Å². The van der Waals surface area contributed by atoms with Gasteiger partial charge in [0, 0.05) is 12.4 Å². The second kappa shape index (κ2) is 6.60. The highest BCUT2D eigenvalue weighted by atomic mass is 32.2. The van der Waals surface area contributed by atoms with Crippen LogP contribution in [0.25, 0.3) is 0 Å². The summed E-state index contributed by atoms with van der Waals surface area (Å²) < 4.78 is 102. The van der Waals surface area contributed by atoms with Crippen LogP contribution in [0.1, 0.15) is 0 Å². The Hall–Kier alpha value is -2.93. The summed E-state index contributed by atoms with van der Waals surface area (Å²) in [6, 6.07) is 3.03. The molecule has 0 amide bonds. The Kier molecular flexibility index (Phi) is 4.67. The number of hydrogen-bond donors (Lipinski definition) is 0. The Labute approximate surface area is 155 Å². The highest BCUT2D eigenvalue weighted by Gasteiger charge is 2.27. The molecule has 1 heterocycles. The van der Waals surface area contributed by atoms with E-state index in [1.54, 1.807) is 0 Å². The second-order valence-corrected chi connectivity index (χ2v) is 8.96. The number of hydrogen-bond acceptors (Lipinski definition) is 5. The fourth-order valence-corrected chi connectivity index (χ4v) is 4.72. The molecular formula is C15H8F4N2O5S2. The highest BCUT2D eigenvalue weighted by Crippen LogP contribution is 2.18. The predicted molar refractivity (Wildman–Crippen MR) is 86.6 cm³/mol. The maximum atomic E-state index is 13.3. The van der Waals surface area contributed by atoms with E-state index in [4.69, 9.17) is 0 Å². The first-order valence-corrected chi connectivity index (χ1v) is 10.1. The molecule has 2 aromatic carbocycles. The van der Waals surface area contributed by atoms with Crippen molar-refractivity contribution >= 4 is 20.0 Å². The molecule has 0 radical (unpaired) electrons. The van der Waals surface area contributed by atoms with Gasteiger partial charge in [-0.3, -0.25) is 0 Å². The second-order valence-electron chi connectivity index (χ2n) is 5.33. The van der Waals surface area contributed by atoms with Gasteiger partial charge in [-0.25, -0.2) is 39.2 Å². The number of rotatable bonds is 4. The SMILES string of the molecule is O=c1n(S(=O)(=O)c2ccc(F)c(F)c2)ccn1S(=O)(=O)c1ccc(F)c(F)c1. The zero-order valence-corrected chi connectivity index (χ0v) is 15.0. The minimum Gasteiger partial charge on any atom is -0.245 e. The Morgan fingerprint density at radius 3 is 1.29 bits per heavy atom. The van der Waals surface area contributed by atoms with Crippen molar-refractivity contribution in [1.29, 1.82) is 0 Å².